The van der Waals surface area contributed by atoms with E-state index in [9.17, 15) is 9.90 Å². The van der Waals surface area contributed by atoms with Crippen LogP contribution < -0.4 is 4.74 Å². The van der Waals surface area contributed by atoms with Crippen molar-refractivity contribution in [1.82, 2.24) is 0 Å². The van der Waals surface area contributed by atoms with Crippen LogP contribution in [0.1, 0.15) is 36.0 Å². The van der Waals surface area contributed by atoms with Crippen molar-refractivity contribution in [3.05, 3.63) is 28.8 Å². The van der Waals surface area contributed by atoms with Crippen molar-refractivity contribution in [2.24, 2.45) is 0 Å². The standard InChI is InChI=1S/C14H18O3/c1-9-7-10(2)12(11(3)8-9)17-14(13(15)16)5-4-6-14/h7-8H,4-6H2,1-3H3,(H,15,16). The number of aryl methyl sites for hydroxylation is 3. The van der Waals surface area contributed by atoms with Crippen LogP contribution in [0.25, 0.3) is 0 Å². The predicted octanol–water partition coefficient (Wildman–Crippen LogP) is 3.00. The third-order valence-corrected chi connectivity index (χ3v) is 3.45. The average molecular weight is 234 g/mol. The van der Waals surface area contributed by atoms with Crippen LogP contribution in [-0.4, -0.2) is 16.7 Å². The Morgan fingerprint density at radius 3 is 2.12 bits per heavy atom. The van der Waals surface area contributed by atoms with E-state index in [1.165, 1.54) is 5.56 Å². The molecule has 3 heteroatoms. The van der Waals surface area contributed by atoms with Crippen molar-refractivity contribution in [3.8, 4) is 5.75 Å². The SMILES string of the molecule is Cc1cc(C)c(OC2(C(=O)O)CCC2)c(C)c1. The fraction of sp³-hybridized carbons (Fsp3) is 0.500. The number of hydrogen-bond donors (Lipinski definition) is 1. The Kier molecular flexibility index (Phi) is 2.86. The predicted molar refractivity (Wildman–Crippen MR) is 65.5 cm³/mol. The van der Waals surface area contributed by atoms with Crippen LogP contribution in [0.2, 0.25) is 0 Å². The molecule has 0 bridgehead atoms. The van der Waals surface area contributed by atoms with Crippen LogP contribution in [0.4, 0.5) is 0 Å². The minimum absolute atomic E-state index is 0.606. The van der Waals surface area contributed by atoms with E-state index in [1.54, 1.807) is 0 Å². The van der Waals surface area contributed by atoms with Gasteiger partial charge < -0.3 is 9.84 Å². The number of ether oxygens (including phenoxy) is 1. The zero-order chi connectivity index (χ0) is 12.6. The first-order chi connectivity index (χ1) is 7.94. The highest BCUT2D eigenvalue weighted by atomic mass is 16.5. The molecule has 2 rings (SSSR count). The Morgan fingerprint density at radius 2 is 1.76 bits per heavy atom. The summed E-state index contributed by atoms with van der Waals surface area (Å²) in [5.74, 6) is -0.110. The second-order valence-corrected chi connectivity index (χ2v) is 4.98. The zero-order valence-electron chi connectivity index (χ0n) is 10.5. The summed E-state index contributed by atoms with van der Waals surface area (Å²) in [5.41, 5.74) is 2.21. The third kappa shape index (κ3) is 2.02. The summed E-state index contributed by atoms with van der Waals surface area (Å²) < 4.78 is 5.82. The summed E-state index contributed by atoms with van der Waals surface area (Å²) in [6.07, 6.45) is 2.14. The zero-order valence-corrected chi connectivity index (χ0v) is 10.5. The topological polar surface area (TPSA) is 46.5 Å². The maximum atomic E-state index is 11.3. The summed E-state index contributed by atoms with van der Waals surface area (Å²) in [5, 5.41) is 9.26. The van der Waals surface area contributed by atoms with Gasteiger partial charge in [-0.15, -0.1) is 0 Å². The van der Waals surface area contributed by atoms with Gasteiger partial charge in [0.25, 0.3) is 0 Å². The number of carbonyl (C=O) groups is 1. The second-order valence-electron chi connectivity index (χ2n) is 4.98. The molecule has 92 valence electrons. The number of aliphatic carboxylic acids is 1. The van der Waals surface area contributed by atoms with Gasteiger partial charge in [0.15, 0.2) is 0 Å². The Morgan fingerprint density at radius 1 is 1.24 bits per heavy atom. The molecule has 0 spiro atoms. The number of carboxylic acid groups (broad SMARTS) is 1. The molecule has 0 atom stereocenters. The van der Waals surface area contributed by atoms with Gasteiger partial charge in [0.1, 0.15) is 5.75 Å². The first kappa shape index (κ1) is 12.0. The summed E-state index contributed by atoms with van der Waals surface area (Å²) >= 11 is 0. The molecule has 1 saturated carbocycles. The van der Waals surface area contributed by atoms with E-state index < -0.39 is 11.6 Å². The summed E-state index contributed by atoms with van der Waals surface area (Å²) in [6, 6.07) is 4.05. The lowest BCUT2D eigenvalue weighted by Gasteiger charge is -2.38. The summed E-state index contributed by atoms with van der Waals surface area (Å²) in [4.78, 5) is 11.3. The molecule has 0 radical (unpaired) electrons. The lowest BCUT2D eigenvalue weighted by molar-refractivity contribution is -0.163. The number of hydrogen-bond acceptors (Lipinski definition) is 2. The second kappa shape index (κ2) is 4.06. The van der Waals surface area contributed by atoms with E-state index in [1.807, 2.05) is 32.9 Å². The van der Waals surface area contributed by atoms with Crippen LogP contribution in [0.15, 0.2) is 12.1 Å². The molecule has 1 N–H and O–H groups in total. The lowest BCUT2D eigenvalue weighted by Crippen LogP contribution is -2.50. The molecule has 1 aromatic rings. The normalized spacial score (nSPS) is 17.4. The van der Waals surface area contributed by atoms with Gasteiger partial charge in [-0.05, 0) is 51.2 Å². The Bertz CT molecular complexity index is 436. The summed E-state index contributed by atoms with van der Waals surface area (Å²) in [6.45, 7) is 5.95. The number of benzene rings is 1. The van der Waals surface area contributed by atoms with E-state index in [-0.39, 0.29) is 0 Å². The van der Waals surface area contributed by atoms with E-state index in [4.69, 9.17) is 4.74 Å². The van der Waals surface area contributed by atoms with E-state index >= 15 is 0 Å². The Balaban J connectivity index is 2.33. The van der Waals surface area contributed by atoms with Crippen molar-refractivity contribution < 1.29 is 14.6 Å². The van der Waals surface area contributed by atoms with E-state index in [2.05, 4.69) is 0 Å². The molecular weight excluding hydrogens is 216 g/mol. The van der Waals surface area contributed by atoms with Crippen LogP contribution in [0, 0.1) is 20.8 Å². The van der Waals surface area contributed by atoms with Crippen LogP contribution >= 0.6 is 0 Å². The van der Waals surface area contributed by atoms with Gasteiger partial charge in [-0.3, -0.25) is 0 Å². The highest BCUT2D eigenvalue weighted by molar-refractivity contribution is 5.79. The first-order valence-electron chi connectivity index (χ1n) is 5.95. The molecular formula is C14H18O3. The Hall–Kier alpha value is -1.51. The van der Waals surface area contributed by atoms with E-state index in [0.29, 0.717) is 12.8 Å². The minimum Gasteiger partial charge on any atom is -0.478 e. The van der Waals surface area contributed by atoms with Gasteiger partial charge in [-0.1, -0.05) is 17.7 Å². The van der Waals surface area contributed by atoms with Gasteiger partial charge >= 0.3 is 5.97 Å². The van der Waals surface area contributed by atoms with Crippen molar-refractivity contribution in [2.75, 3.05) is 0 Å². The molecule has 0 aromatic heterocycles. The molecule has 1 aliphatic carbocycles. The maximum Gasteiger partial charge on any atom is 0.348 e. The average Bonchev–Trinajstić information content (AvgIpc) is 2.13. The quantitative estimate of drug-likeness (QED) is 0.874. The van der Waals surface area contributed by atoms with Crippen LogP contribution in [0.5, 0.6) is 5.75 Å². The van der Waals surface area contributed by atoms with Gasteiger partial charge in [0, 0.05) is 0 Å². The van der Waals surface area contributed by atoms with Crippen LogP contribution in [0.3, 0.4) is 0 Å². The maximum absolute atomic E-state index is 11.3. The van der Waals surface area contributed by atoms with Gasteiger partial charge in [0.2, 0.25) is 5.60 Å². The first-order valence-corrected chi connectivity index (χ1v) is 5.95. The summed E-state index contributed by atoms with van der Waals surface area (Å²) in [7, 11) is 0. The van der Waals surface area contributed by atoms with Gasteiger partial charge in [0.05, 0.1) is 0 Å². The number of carboxylic acids is 1. The van der Waals surface area contributed by atoms with Crippen molar-refractivity contribution in [2.45, 2.75) is 45.6 Å². The molecule has 0 saturated heterocycles. The fourth-order valence-electron chi connectivity index (χ4n) is 2.38. The van der Waals surface area contributed by atoms with Crippen molar-refractivity contribution >= 4 is 5.97 Å². The highest BCUT2D eigenvalue weighted by Gasteiger charge is 2.47. The molecule has 0 heterocycles. The monoisotopic (exact) mass is 234 g/mol. The smallest absolute Gasteiger partial charge is 0.348 e. The fourth-order valence-corrected chi connectivity index (χ4v) is 2.38. The molecule has 3 nitrogen and oxygen atoms in total. The largest absolute Gasteiger partial charge is 0.478 e. The van der Waals surface area contributed by atoms with Gasteiger partial charge in [-0.25, -0.2) is 4.79 Å². The van der Waals surface area contributed by atoms with Gasteiger partial charge in [-0.2, -0.15) is 0 Å². The molecule has 17 heavy (non-hydrogen) atoms. The highest BCUT2D eigenvalue weighted by Crippen LogP contribution is 2.39. The van der Waals surface area contributed by atoms with Crippen molar-refractivity contribution in [1.29, 1.82) is 0 Å². The molecule has 1 fully saturated rings. The molecule has 0 aliphatic heterocycles. The molecule has 0 unspecified atom stereocenters. The van der Waals surface area contributed by atoms with E-state index in [0.717, 1.165) is 23.3 Å². The molecule has 1 aromatic carbocycles. The lowest BCUT2D eigenvalue weighted by atomic mass is 9.80. The third-order valence-electron chi connectivity index (χ3n) is 3.45. The van der Waals surface area contributed by atoms with Crippen molar-refractivity contribution in [3.63, 3.8) is 0 Å². The number of rotatable bonds is 3. The Labute approximate surface area is 101 Å². The molecule has 0 amide bonds. The minimum atomic E-state index is -0.981. The molecule has 1 aliphatic rings. The van der Waals surface area contributed by atoms with Crippen LogP contribution in [-0.2, 0) is 4.79 Å².